The molecule has 1 heterocycles. The molecule has 0 aliphatic heterocycles. The second kappa shape index (κ2) is 9.71. The summed E-state index contributed by atoms with van der Waals surface area (Å²) in [5, 5.41) is 10.7. The third-order valence-electron chi connectivity index (χ3n) is 6.17. The van der Waals surface area contributed by atoms with Gasteiger partial charge in [-0.2, -0.15) is 4.72 Å². The summed E-state index contributed by atoms with van der Waals surface area (Å²) < 4.78 is 35.0. The zero-order valence-electron chi connectivity index (χ0n) is 18.9. The zero-order chi connectivity index (χ0) is 25.3. The molecule has 0 radical (unpaired) electrons. The van der Waals surface area contributed by atoms with Crippen LogP contribution in [0.3, 0.4) is 0 Å². The predicted octanol–water partition coefficient (Wildman–Crippen LogP) is 5.94. The number of para-hydroxylation sites is 1. The molecule has 36 heavy (non-hydrogen) atoms. The van der Waals surface area contributed by atoms with E-state index in [1.165, 1.54) is 6.07 Å². The third kappa shape index (κ3) is 4.90. The van der Waals surface area contributed by atoms with Gasteiger partial charge in [0.2, 0.25) is 0 Å². The minimum absolute atomic E-state index is 0.0485. The number of nitrogens with one attached hydrogen (secondary N) is 1. The number of hydrogen-bond acceptors (Lipinski definition) is 5. The highest BCUT2D eigenvalue weighted by Crippen LogP contribution is 2.55. The fourth-order valence-electron chi connectivity index (χ4n) is 4.19. The van der Waals surface area contributed by atoms with E-state index in [1.54, 1.807) is 48.5 Å². The first-order chi connectivity index (χ1) is 17.3. The molecule has 6 nitrogen and oxygen atoms in total. The maximum Gasteiger partial charge on any atom is 0.325 e. The van der Waals surface area contributed by atoms with Crippen LogP contribution in [-0.2, 0) is 21.4 Å². The van der Waals surface area contributed by atoms with Crippen LogP contribution in [0.5, 0.6) is 5.75 Å². The molecule has 9 heteroatoms. The number of carbonyl (C=O) groups is 1. The number of ether oxygens (including phenoxy) is 1. The molecule has 0 bridgehead atoms. The number of rotatable bonds is 9. The lowest BCUT2D eigenvalue weighted by molar-refractivity contribution is -0.140. The van der Waals surface area contributed by atoms with Crippen molar-refractivity contribution in [2.75, 3.05) is 0 Å². The second-order valence-electron chi connectivity index (χ2n) is 8.58. The smallest absolute Gasteiger partial charge is 0.325 e. The second-order valence-corrected chi connectivity index (χ2v) is 12.0. The summed E-state index contributed by atoms with van der Waals surface area (Å²) in [6.07, 6.45) is 0.128. The van der Waals surface area contributed by atoms with E-state index < -0.39 is 27.4 Å². The SMILES string of the molecule is O=C(O)C1(NS(=O)(=O)c2ccc(-c3ccc(Cl)cc3)s2)C[C@H]1c1ccccc1OCc1ccccc1. The van der Waals surface area contributed by atoms with Crippen molar-refractivity contribution in [2.45, 2.75) is 28.7 Å². The van der Waals surface area contributed by atoms with Crippen molar-refractivity contribution in [3.05, 3.63) is 107 Å². The van der Waals surface area contributed by atoms with Crippen LogP contribution in [-0.4, -0.2) is 25.0 Å². The number of benzene rings is 3. The number of hydrogen-bond donors (Lipinski definition) is 2. The minimum atomic E-state index is -4.08. The van der Waals surface area contributed by atoms with Crippen LogP contribution >= 0.6 is 22.9 Å². The first kappa shape index (κ1) is 24.5. The van der Waals surface area contributed by atoms with E-state index in [0.717, 1.165) is 27.3 Å². The Morgan fingerprint density at radius 3 is 2.42 bits per heavy atom. The monoisotopic (exact) mass is 539 g/mol. The Bertz CT molecular complexity index is 1500. The molecule has 2 N–H and O–H groups in total. The van der Waals surface area contributed by atoms with E-state index in [4.69, 9.17) is 16.3 Å². The number of carboxylic acid groups (broad SMARTS) is 1. The molecule has 1 fully saturated rings. The Kier molecular flexibility index (Phi) is 6.61. The van der Waals surface area contributed by atoms with Gasteiger partial charge in [0, 0.05) is 15.8 Å². The third-order valence-corrected chi connectivity index (χ3v) is 9.55. The molecule has 3 aromatic carbocycles. The molecule has 4 aromatic rings. The fourth-order valence-corrected chi connectivity index (χ4v) is 7.03. The number of aliphatic carboxylic acids is 1. The first-order valence-corrected chi connectivity index (χ1v) is 13.8. The quantitative estimate of drug-likeness (QED) is 0.275. The minimum Gasteiger partial charge on any atom is -0.489 e. The average Bonchev–Trinajstić information content (AvgIpc) is 3.36. The fraction of sp³-hybridized carbons (Fsp3) is 0.148. The van der Waals surface area contributed by atoms with Gasteiger partial charge < -0.3 is 9.84 Å². The number of sulfonamides is 1. The predicted molar refractivity (Wildman–Crippen MR) is 140 cm³/mol. The Morgan fingerprint density at radius 2 is 1.69 bits per heavy atom. The molecule has 1 saturated carbocycles. The summed E-state index contributed by atoms with van der Waals surface area (Å²) >= 11 is 7.02. The van der Waals surface area contributed by atoms with Crippen molar-refractivity contribution >= 4 is 38.9 Å². The van der Waals surface area contributed by atoms with Crippen molar-refractivity contribution < 1.29 is 23.1 Å². The van der Waals surface area contributed by atoms with E-state index in [9.17, 15) is 18.3 Å². The molecule has 1 aliphatic carbocycles. The van der Waals surface area contributed by atoms with E-state index in [0.29, 0.717) is 22.9 Å². The van der Waals surface area contributed by atoms with Gasteiger partial charge in [0.25, 0.3) is 10.0 Å². The maximum absolute atomic E-state index is 13.2. The lowest BCUT2D eigenvalue weighted by Crippen LogP contribution is -2.44. The summed E-state index contributed by atoms with van der Waals surface area (Å²) in [7, 11) is -4.08. The Balaban J connectivity index is 1.37. The van der Waals surface area contributed by atoms with E-state index in [-0.39, 0.29) is 10.6 Å². The Morgan fingerprint density at radius 1 is 1.00 bits per heavy atom. The van der Waals surface area contributed by atoms with Crippen molar-refractivity contribution in [3.63, 3.8) is 0 Å². The van der Waals surface area contributed by atoms with Gasteiger partial charge in [-0.3, -0.25) is 4.79 Å². The Hall–Kier alpha value is -3.17. The highest BCUT2D eigenvalue weighted by Gasteiger charge is 2.64. The number of halogens is 1. The molecule has 184 valence electrons. The van der Waals surface area contributed by atoms with Crippen LogP contribution in [0.25, 0.3) is 10.4 Å². The molecule has 0 spiro atoms. The summed E-state index contributed by atoms with van der Waals surface area (Å²) in [5.41, 5.74) is 0.816. The molecule has 1 unspecified atom stereocenters. The van der Waals surface area contributed by atoms with Gasteiger partial charge in [-0.25, -0.2) is 8.42 Å². The highest BCUT2D eigenvalue weighted by atomic mass is 35.5. The zero-order valence-corrected chi connectivity index (χ0v) is 21.3. The average molecular weight is 540 g/mol. The molecule has 2 atom stereocenters. The molecule has 0 saturated heterocycles. The molecular formula is C27H22ClNO5S2. The normalized spacial score (nSPS) is 19.1. The van der Waals surface area contributed by atoms with Gasteiger partial charge in [-0.15, -0.1) is 11.3 Å². The van der Waals surface area contributed by atoms with Crippen LogP contribution in [0.2, 0.25) is 5.02 Å². The van der Waals surface area contributed by atoms with Crippen LogP contribution in [0.15, 0.2) is 95.2 Å². The van der Waals surface area contributed by atoms with Gasteiger partial charge >= 0.3 is 5.97 Å². The summed E-state index contributed by atoms with van der Waals surface area (Å²) in [4.78, 5) is 13.1. The van der Waals surface area contributed by atoms with Gasteiger partial charge in [-0.05, 0) is 53.4 Å². The highest BCUT2D eigenvalue weighted by molar-refractivity contribution is 7.91. The van der Waals surface area contributed by atoms with Crippen LogP contribution in [0.1, 0.15) is 23.5 Å². The van der Waals surface area contributed by atoms with Gasteiger partial charge in [0.05, 0.1) is 0 Å². The van der Waals surface area contributed by atoms with Gasteiger partial charge in [0.1, 0.15) is 22.1 Å². The molecule has 1 aromatic heterocycles. The number of thiophene rings is 1. The van der Waals surface area contributed by atoms with E-state index >= 15 is 0 Å². The van der Waals surface area contributed by atoms with Crippen molar-refractivity contribution in [3.8, 4) is 16.2 Å². The molecule has 5 rings (SSSR count). The van der Waals surface area contributed by atoms with Crippen LogP contribution in [0, 0.1) is 0 Å². The summed E-state index contributed by atoms with van der Waals surface area (Å²) in [6.45, 7) is 0.318. The summed E-state index contributed by atoms with van der Waals surface area (Å²) in [5.74, 6) is -1.24. The van der Waals surface area contributed by atoms with Gasteiger partial charge in [0.15, 0.2) is 0 Å². The van der Waals surface area contributed by atoms with E-state index in [1.807, 2.05) is 36.4 Å². The lowest BCUT2D eigenvalue weighted by atomic mass is 10.1. The molecule has 0 amide bonds. The summed E-state index contributed by atoms with van der Waals surface area (Å²) in [6, 6.07) is 27.0. The number of carboxylic acids is 1. The lowest BCUT2D eigenvalue weighted by Gasteiger charge is -2.17. The van der Waals surface area contributed by atoms with E-state index in [2.05, 4.69) is 4.72 Å². The van der Waals surface area contributed by atoms with Crippen molar-refractivity contribution in [1.29, 1.82) is 0 Å². The molecular weight excluding hydrogens is 518 g/mol. The Labute approximate surface area is 218 Å². The topological polar surface area (TPSA) is 92.7 Å². The standard InChI is InChI=1S/C27H22ClNO5S2/c28-20-12-10-19(11-13-20)24-14-15-25(35-24)36(32,33)29-27(26(30)31)16-22(27)21-8-4-5-9-23(21)34-17-18-6-2-1-3-7-18/h1-15,22,29H,16-17H2,(H,30,31)/t22-,27?/m0/s1. The van der Waals surface area contributed by atoms with Gasteiger partial charge in [-0.1, -0.05) is 72.3 Å². The largest absolute Gasteiger partial charge is 0.489 e. The first-order valence-electron chi connectivity index (χ1n) is 11.2. The van der Waals surface area contributed by atoms with Crippen LogP contribution in [0.4, 0.5) is 0 Å². The van der Waals surface area contributed by atoms with Crippen molar-refractivity contribution in [1.82, 2.24) is 4.72 Å². The molecule has 1 aliphatic rings. The van der Waals surface area contributed by atoms with Crippen molar-refractivity contribution in [2.24, 2.45) is 0 Å². The van der Waals surface area contributed by atoms with Crippen LogP contribution < -0.4 is 9.46 Å². The maximum atomic E-state index is 13.2.